The molecule has 0 spiro atoms. The molecule has 1 aliphatic rings. The molecule has 1 N–H and O–H groups in total. The van der Waals surface area contributed by atoms with Crippen molar-refractivity contribution < 1.29 is 17.9 Å². The van der Waals surface area contributed by atoms with E-state index >= 15 is 0 Å². The molecule has 7 nitrogen and oxygen atoms in total. The average Bonchev–Trinajstić information content (AvgIpc) is 2.92. The zero-order valence-corrected chi connectivity index (χ0v) is 13.9. The van der Waals surface area contributed by atoms with Gasteiger partial charge in [-0.1, -0.05) is 0 Å². The summed E-state index contributed by atoms with van der Waals surface area (Å²) in [5.74, 6) is -0.509. The number of hydrogen-bond acceptors (Lipinski definition) is 5. The lowest BCUT2D eigenvalue weighted by molar-refractivity contribution is -0.146. The number of nitrogens with zero attached hydrogens (tertiary/aromatic N) is 2. The number of pyridine rings is 1. The Hall–Kier alpha value is -1.19. The van der Waals surface area contributed by atoms with Gasteiger partial charge in [0.05, 0.1) is 12.3 Å². The average molecular weight is 378 g/mol. The monoisotopic (exact) mass is 377 g/mol. The third-order valence-corrected chi connectivity index (χ3v) is 5.23. The molecule has 1 unspecified atom stereocenters. The number of hydrogen-bond donors (Lipinski definition) is 1. The van der Waals surface area contributed by atoms with Crippen molar-refractivity contribution in [2.45, 2.75) is 25.8 Å². The first-order valence-corrected chi connectivity index (χ1v) is 8.75. The summed E-state index contributed by atoms with van der Waals surface area (Å²) in [6.07, 6.45) is 2.63. The van der Waals surface area contributed by atoms with Crippen molar-refractivity contribution in [2.75, 3.05) is 17.9 Å². The van der Waals surface area contributed by atoms with Gasteiger partial charge in [0.25, 0.3) is 0 Å². The molecule has 1 fully saturated rings. The molecule has 0 saturated carbocycles. The van der Waals surface area contributed by atoms with Crippen LogP contribution in [0.1, 0.15) is 19.8 Å². The minimum atomic E-state index is -3.84. The predicted octanol–water partition coefficient (Wildman–Crippen LogP) is 1.53. The molecule has 2 rings (SSSR count). The SMILES string of the molecule is CCOC(=O)C1CCCN1S(=O)(=O)Nc1cccnc1Br. The zero-order valence-electron chi connectivity index (χ0n) is 11.5. The number of carbonyl (C=O) groups excluding carboxylic acids is 1. The Morgan fingerprint density at radius 1 is 1.62 bits per heavy atom. The fourth-order valence-corrected chi connectivity index (χ4v) is 4.10. The fraction of sp³-hybridized carbons (Fsp3) is 0.500. The van der Waals surface area contributed by atoms with Crippen LogP contribution in [0.4, 0.5) is 5.69 Å². The predicted molar refractivity (Wildman–Crippen MR) is 80.8 cm³/mol. The van der Waals surface area contributed by atoms with Crippen LogP contribution in [-0.2, 0) is 19.7 Å². The van der Waals surface area contributed by atoms with Crippen LogP contribution >= 0.6 is 15.9 Å². The van der Waals surface area contributed by atoms with Gasteiger partial charge >= 0.3 is 16.2 Å². The number of anilines is 1. The second kappa shape index (κ2) is 6.71. The van der Waals surface area contributed by atoms with E-state index in [1.54, 1.807) is 25.3 Å². The normalized spacial score (nSPS) is 19.4. The Balaban J connectivity index is 2.19. The highest BCUT2D eigenvalue weighted by Crippen LogP contribution is 2.26. The topological polar surface area (TPSA) is 88.6 Å². The first kappa shape index (κ1) is 16.2. The van der Waals surface area contributed by atoms with Gasteiger partial charge in [0.15, 0.2) is 0 Å². The first-order valence-electron chi connectivity index (χ1n) is 6.52. The van der Waals surface area contributed by atoms with Crippen molar-refractivity contribution in [2.24, 2.45) is 0 Å². The molecular weight excluding hydrogens is 362 g/mol. The van der Waals surface area contributed by atoms with Crippen molar-refractivity contribution in [3.8, 4) is 0 Å². The van der Waals surface area contributed by atoms with Crippen LogP contribution < -0.4 is 4.72 Å². The van der Waals surface area contributed by atoms with Crippen LogP contribution in [0.25, 0.3) is 0 Å². The molecule has 0 amide bonds. The molecule has 0 radical (unpaired) electrons. The standard InChI is InChI=1S/C12H16BrN3O4S/c1-2-20-12(17)10-6-4-8-16(10)21(18,19)15-9-5-3-7-14-11(9)13/h3,5,7,10,15H,2,4,6,8H2,1H3. The molecule has 1 atom stereocenters. The largest absolute Gasteiger partial charge is 0.465 e. The van der Waals surface area contributed by atoms with Crippen LogP contribution in [0, 0.1) is 0 Å². The van der Waals surface area contributed by atoms with E-state index in [4.69, 9.17) is 4.74 Å². The molecule has 0 aromatic carbocycles. The molecule has 1 aliphatic heterocycles. The second-order valence-corrected chi connectivity index (χ2v) is 6.84. The molecule has 0 aliphatic carbocycles. The Labute approximate surface area is 132 Å². The van der Waals surface area contributed by atoms with Gasteiger partial charge in [-0.05, 0) is 47.8 Å². The van der Waals surface area contributed by atoms with Crippen LogP contribution in [0.5, 0.6) is 0 Å². The maximum atomic E-state index is 12.4. The molecule has 2 heterocycles. The van der Waals surface area contributed by atoms with Gasteiger partial charge in [-0.2, -0.15) is 12.7 Å². The van der Waals surface area contributed by atoms with E-state index in [9.17, 15) is 13.2 Å². The van der Waals surface area contributed by atoms with E-state index in [0.29, 0.717) is 23.1 Å². The summed E-state index contributed by atoms with van der Waals surface area (Å²) in [4.78, 5) is 15.8. The molecule has 0 bridgehead atoms. The first-order chi connectivity index (χ1) is 9.95. The van der Waals surface area contributed by atoms with E-state index in [1.807, 2.05) is 0 Å². The van der Waals surface area contributed by atoms with Crippen LogP contribution in [0.2, 0.25) is 0 Å². The van der Waals surface area contributed by atoms with Crippen LogP contribution in [0.15, 0.2) is 22.9 Å². The van der Waals surface area contributed by atoms with Crippen molar-refractivity contribution in [1.29, 1.82) is 0 Å². The Morgan fingerprint density at radius 2 is 2.38 bits per heavy atom. The fourth-order valence-electron chi connectivity index (χ4n) is 2.16. The third kappa shape index (κ3) is 3.72. The summed E-state index contributed by atoms with van der Waals surface area (Å²) < 4.78 is 33.8. The highest BCUT2D eigenvalue weighted by atomic mass is 79.9. The lowest BCUT2D eigenvalue weighted by Gasteiger charge is -2.23. The molecular formula is C12H16BrN3O4S. The van der Waals surface area contributed by atoms with Gasteiger partial charge in [-0.3, -0.25) is 9.52 Å². The highest BCUT2D eigenvalue weighted by Gasteiger charge is 2.39. The summed E-state index contributed by atoms with van der Waals surface area (Å²) in [6.45, 7) is 2.21. The number of esters is 1. The summed E-state index contributed by atoms with van der Waals surface area (Å²) in [5.41, 5.74) is 0.326. The zero-order chi connectivity index (χ0) is 15.5. The van der Waals surface area contributed by atoms with Gasteiger partial charge in [0.1, 0.15) is 10.6 Å². The van der Waals surface area contributed by atoms with Gasteiger partial charge in [-0.15, -0.1) is 0 Å². The van der Waals surface area contributed by atoms with Crippen LogP contribution in [-0.4, -0.2) is 42.9 Å². The van der Waals surface area contributed by atoms with Gasteiger partial charge in [-0.25, -0.2) is 4.98 Å². The van der Waals surface area contributed by atoms with Crippen molar-refractivity contribution in [3.05, 3.63) is 22.9 Å². The van der Waals surface area contributed by atoms with E-state index in [1.165, 1.54) is 0 Å². The molecule has 1 saturated heterocycles. The lowest BCUT2D eigenvalue weighted by atomic mass is 10.2. The van der Waals surface area contributed by atoms with Crippen molar-refractivity contribution >= 4 is 37.8 Å². The van der Waals surface area contributed by atoms with E-state index < -0.39 is 22.2 Å². The molecule has 1 aromatic rings. The second-order valence-electron chi connectivity index (χ2n) is 4.47. The minimum Gasteiger partial charge on any atom is -0.465 e. The van der Waals surface area contributed by atoms with E-state index in [-0.39, 0.29) is 13.2 Å². The van der Waals surface area contributed by atoms with Crippen molar-refractivity contribution in [1.82, 2.24) is 9.29 Å². The van der Waals surface area contributed by atoms with Gasteiger partial charge in [0, 0.05) is 12.7 Å². The van der Waals surface area contributed by atoms with E-state index in [2.05, 4.69) is 25.6 Å². The molecule has 116 valence electrons. The molecule has 21 heavy (non-hydrogen) atoms. The Bertz CT molecular complexity index is 623. The van der Waals surface area contributed by atoms with Gasteiger partial charge in [0.2, 0.25) is 0 Å². The Kier molecular flexibility index (Phi) is 5.17. The summed E-state index contributed by atoms with van der Waals surface area (Å²) >= 11 is 3.18. The van der Waals surface area contributed by atoms with Gasteiger partial charge < -0.3 is 4.74 Å². The lowest BCUT2D eigenvalue weighted by Crippen LogP contribution is -2.44. The number of carbonyl (C=O) groups is 1. The molecule has 1 aromatic heterocycles. The minimum absolute atomic E-state index is 0.227. The number of ether oxygens (including phenoxy) is 1. The number of aromatic nitrogens is 1. The maximum Gasteiger partial charge on any atom is 0.324 e. The summed E-state index contributed by atoms with van der Waals surface area (Å²) in [7, 11) is -3.84. The van der Waals surface area contributed by atoms with E-state index in [0.717, 1.165) is 4.31 Å². The quantitative estimate of drug-likeness (QED) is 0.620. The van der Waals surface area contributed by atoms with Crippen LogP contribution in [0.3, 0.4) is 0 Å². The number of halogens is 1. The smallest absolute Gasteiger partial charge is 0.324 e. The maximum absolute atomic E-state index is 12.4. The number of nitrogens with one attached hydrogen (secondary N) is 1. The third-order valence-electron chi connectivity index (χ3n) is 3.07. The highest BCUT2D eigenvalue weighted by molar-refractivity contribution is 9.10. The summed E-state index contributed by atoms with van der Waals surface area (Å²) in [5, 5.41) is 0. The summed E-state index contributed by atoms with van der Waals surface area (Å²) in [6, 6.07) is 2.44. The number of rotatable bonds is 5. The Morgan fingerprint density at radius 3 is 3.05 bits per heavy atom. The van der Waals surface area contributed by atoms with Crippen molar-refractivity contribution in [3.63, 3.8) is 0 Å². The molecule has 9 heteroatoms.